The van der Waals surface area contributed by atoms with Gasteiger partial charge in [-0.3, -0.25) is 9.59 Å². The van der Waals surface area contributed by atoms with Gasteiger partial charge < -0.3 is 14.6 Å². The number of hydrogen-bond acceptors (Lipinski definition) is 5. The van der Waals surface area contributed by atoms with E-state index in [0.29, 0.717) is 18.3 Å². The molecule has 3 aliphatic rings. The Morgan fingerprint density at radius 2 is 1.42 bits per heavy atom. The van der Waals surface area contributed by atoms with Gasteiger partial charge >= 0.3 is 11.9 Å². The summed E-state index contributed by atoms with van der Waals surface area (Å²) in [6.07, 6.45) is 11.8. The molecular formula is C26H44O5. The Morgan fingerprint density at radius 1 is 0.903 bits per heavy atom. The van der Waals surface area contributed by atoms with E-state index in [0.717, 1.165) is 43.4 Å². The van der Waals surface area contributed by atoms with E-state index in [1.807, 2.05) is 0 Å². The molecule has 0 aromatic carbocycles. The first-order valence-electron chi connectivity index (χ1n) is 12.7. The number of ether oxygens (including phenoxy) is 2. The monoisotopic (exact) mass is 436 g/mol. The minimum atomic E-state index is -1.17. The first-order valence-corrected chi connectivity index (χ1v) is 12.7. The van der Waals surface area contributed by atoms with E-state index in [1.165, 1.54) is 38.5 Å². The average Bonchev–Trinajstić information content (AvgIpc) is 2.71. The third-order valence-electron chi connectivity index (χ3n) is 8.58. The summed E-state index contributed by atoms with van der Waals surface area (Å²) in [6.45, 7) is 9.64. The highest BCUT2D eigenvalue weighted by Crippen LogP contribution is 2.45. The summed E-state index contributed by atoms with van der Waals surface area (Å²) in [6, 6.07) is 0. The lowest BCUT2D eigenvalue weighted by Gasteiger charge is -2.41. The van der Waals surface area contributed by atoms with Gasteiger partial charge in [-0.25, -0.2) is 0 Å². The number of aliphatic hydroxyl groups is 1. The molecular weight excluding hydrogens is 392 g/mol. The van der Waals surface area contributed by atoms with Crippen LogP contribution in [0.25, 0.3) is 0 Å². The van der Waals surface area contributed by atoms with Crippen LogP contribution in [0, 0.1) is 35.0 Å². The summed E-state index contributed by atoms with van der Waals surface area (Å²) in [5.74, 6) is 1.33. The summed E-state index contributed by atoms with van der Waals surface area (Å²) in [5.41, 5.74) is -1.17. The zero-order valence-corrected chi connectivity index (χ0v) is 20.3. The summed E-state index contributed by atoms with van der Waals surface area (Å²) < 4.78 is 10.8. The normalized spacial score (nSPS) is 35.0. The molecule has 1 aliphatic heterocycles. The van der Waals surface area contributed by atoms with E-state index < -0.39 is 23.1 Å². The number of esters is 2. The zero-order valence-electron chi connectivity index (χ0n) is 20.3. The van der Waals surface area contributed by atoms with Gasteiger partial charge in [-0.15, -0.1) is 0 Å². The molecule has 3 rings (SSSR count). The van der Waals surface area contributed by atoms with Crippen LogP contribution < -0.4 is 0 Å². The fourth-order valence-corrected chi connectivity index (χ4v) is 6.42. The lowest BCUT2D eigenvalue weighted by atomic mass is 9.67. The van der Waals surface area contributed by atoms with Crippen molar-refractivity contribution in [1.82, 2.24) is 0 Å². The second-order valence-corrected chi connectivity index (χ2v) is 11.4. The van der Waals surface area contributed by atoms with Crippen LogP contribution in [0.15, 0.2) is 0 Å². The van der Waals surface area contributed by atoms with E-state index in [2.05, 4.69) is 13.8 Å². The third kappa shape index (κ3) is 5.83. The van der Waals surface area contributed by atoms with Crippen LogP contribution in [-0.2, 0) is 19.1 Å². The Hall–Kier alpha value is -1.10. The molecule has 31 heavy (non-hydrogen) atoms. The third-order valence-corrected chi connectivity index (χ3v) is 8.58. The highest BCUT2D eigenvalue weighted by molar-refractivity contribution is 6.01. The fourth-order valence-electron chi connectivity index (χ4n) is 6.42. The predicted molar refractivity (Wildman–Crippen MR) is 120 cm³/mol. The lowest BCUT2D eigenvalue weighted by molar-refractivity contribution is -0.251. The van der Waals surface area contributed by atoms with Crippen LogP contribution in [0.2, 0.25) is 0 Å². The van der Waals surface area contributed by atoms with Gasteiger partial charge in [-0.2, -0.15) is 0 Å². The molecule has 2 saturated carbocycles. The van der Waals surface area contributed by atoms with Crippen molar-refractivity contribution in [3.63, 3.8) is 0 Å². The Bertz CT molecular complexity index is 606. The molecule has 0 aromatic heterocycles. The van der Waals surface area contributed by atoms with Crippen LogP contribution in [0.5, 0.6) is 0 Å². The van der Waals surface area contributed by atoms with Crippen molar-refractivity contribution in [1.29, 1.82) is 0 Å². The van der Waals surface area contributed by atoms with Gasteiger partial charge in [0.05, 0.1) is 6.10 Å². The van der Waals surface area contributed by atoms with Crippen molar-refractivity contribution in [2.24, 2.45) is 35.0 Å². The molecule has 0 bridgehead atoms. The molecule has 5 heteroatoms. The molecule has 1 heterocycles. The van der Waals surface area contributed by atoms with Gasteiger partial charge in [0.2, 0.25) is 0 Å². The maximum Gasteiger partial charge on any atom is 0.326 e. The second-order valence-electron chi connectivity index (χ2n) is 11.4. The molecule has 0 radical (unpaired) electrons. The van der Waals surface area contributed by atoms with Crippen LogP contribution in [0.3, 0.4) is 0 Å². The van der Waals surface area contributed by atoms with Crippen LogP contribution in [-0.4, -0.2) is 28.9 Å². The van der Waals surface area contributed by atoms with Crippen LogP contribution in [0.4, 0.5) is 0 Å². The van der Waals surface area contributed by atoms with E-state index in [-0.39, 0.29) is 6.10 Å². The molecule has 2 atom stereocenters. The quantitative estimate of drug-likeness (QED) is 0.414. The molecule has 0 spiro atoms. The first kappa shape index (κ1) is 24.5. The highest BCUT2D eigenvalue weighted by atomic mass is 16.7. The standard InChI is InChI=1S/C26H44O5/c1-6-19(21-11-13-22(27)14-12-21)15-17(2)20-9-7-18(8-10-20)16-26(5)23(28)30-25(3,4)31-24(26)29/h17-22,27H,6-16H2,1-5H3. The smallest absolute Gasteiger partial charge is 0.326 e. The molecule has 2 unspecified atom stereocenters. The predicted octanol–water partition coefficient (Wildman–Crippen LogP) is 5.63. The van der Waals surface area contributed by atoms with Gasteiger partial charge in [-0.05, 0) is 87.9 Å². The summed E-state index contributed by atoms with van der Waals surface area (Å²) in [7, 11) is 0. The van der Waals surface area contributed by atoms with Gasteiger partial charge in [0, 0.05) is 13.8 Å². The fraction of sp³-hybridized carbons (Fsp3) is 0.923. The van der Waals surface area contributed by atoms with Crippen molar-refractivity contribution >= 4 is 11.9 Å². The van der Waals surface area contributed by atoms with Crippen LogP contribution in [0.1, 0.15) is 105 Å². The number of hydrogen-bond donors (Lipinski definition) is 1. The van der Waals surface area contributed by atoms with Gasteiger partial charge in [0.25, 0.3) is 5.79 Å². The van der Waals surface area contributed by atoms with Crippen LogP contribution >= 0.6 is 0 Å². The number of carbonyl (C=O) groups is 2. The second kappa shape index (κ2) is 9.80. The molecule has 3 fully saturated rings. The van der Waals surface area contributed by atoms with Crippen molar-refractivity contribution < 1.29 is 24.2 Å². The number of aliphatic hydroxyl groups excluding tert-OH is 1. The number of rotatable bonds is 7. The summed E-state index contributed by atoms with van der Waals surface area (Å²) in [4.78, 5) is 25.1. The largest absolute Gasteiger partial charge is 0.422 e. The molecule has 2 aliphatic carbocycles. The maximum absolute atomic E-state index is 12.6. The van der Waals surface area contributed by atoms with Gasteiger partial charge in [0.1, 0.15) is 0 Å². The maximum atomic E-state index is 12.6. The SMILES string of the molecule is CCC(CC(C)C1CCC(CC2(C)C(=O)OC(C)(C)OC2=O)CC1)C1CCC(O)CC1. The van der Waals surface area contributed by atoms with Crippen molar-refractivity contribution in [3.05, 3.63) is 0 Å². The number of cyclic esters (lactones) is 2. The van der Waals surface area contributed by atoms with Crippen molar-refractivity contribution in [3.8, 4) is 0 Å². The Balaban J connectivity index is 1.48. The summed E-state index contributed by atoms with van der Waals surface area (Å²) >= 11 is 0. The average molecular weight is 437 g/mol. The topological polar surface area (TPSA) is 72.8 Å². The minimum absolute atomic E-state index is 0.0758. The highest BCUT2D eigenvalue weighted by Gasteiger charge is 2.53. The first-order chi connectivity index (χ1) is 14.5. The Morgan fingerprint density at radius 3 is 1.94 bits per heavy atom. The molecule has 178 valence electrons. The van der Waals surface area contributed by atoms with E-state index in [4.69, 9.17) is 9.47 Å². The van der Waals surface area contributed by atoms with E-state index in [9.17, 15) is 14.7 Å². The van der Waals surface area contributed by atoms with Crippen molar-refractivity contribution in [2.45, 2.75) is 117 Å². The minimum Gasteiger partial charge on any atom is -0.422 e. The number of carbonyl (C=O) groups excluding carboxylic acids is 2. The molecule has 1 saturated heterocycles. The molecule has 5 nitrogen and oxygen atoms in total. The van der Waals surface area contributed by atoms with Gasteiger partial charge in [0.15, 0.2) is 5.41 Å². The van der Waals surface area contributed by atoms with E-state index >= 15 is 0 Å². The Kier molecular flexibility index (Phi) is 7.76. The van der Waals surface area contributed by atoms with Crippen molar-refractivity contribution in [2.75, 3.05) is 0 Å². The molecule has 1 N–H and O–H groups in total. The summed E-state index contributed by atoms with van der Waals surface area (Å²) in [5, 5.41) is 9.83. The lowest BCUT2D eigenvalue weighted by Crippen LogP contribution is -2.53. The zero-order chi connectivity index (χ0) is 22.8. The molecule has 0 aromatic rings. The van der Waals surface area contributed by atoms with Gasteiger partial charge in [-0.1, -0.05) is 33.1 Å². The van der Waals surface area contributed by atoms with E-state index in [1.54, 1.807) is 20.8 Å². The molecule has 0 amide bonds. The Labute approximate surface area is 188 Å².